The van der Waals surface area contributed by atoms with Gasteiger partial charge in [0, 0.05) is 18.2 Å². The number of ether oxygens (including phenoxy) is 3. The van der Waals surface area contributed by atoms with Gasteiger partial charge in [0.25, 0.3) is 0 Å². The van der Waals surface area contributed by atoms with E-state index in [1.54, 1.807) is 32.6 Å². The molecule has 2 aliphatic heterocycles. The molecule has 0 bridgehead atoms. The largest absolute Gasteiger partial charge is 0.496 e. The zero-order chi connectivity index (χ0) is 18.4. The minimum Gasteiger partial charge on any atom is -0.496 e. The van der Waals surface area contributed by atoms with Gasteiger partial charge >= 0.3 is 5.97 Å². The van der Waals surface area contributed by atoms with Gasteiger partial charge in [0.2, 0.25) is 5.91 Å². The lowest BCUT2D eigenvalue weighted by Crippen LogP contribution is -2.44. The number of rotatable bonds is 4. The maximum atomic E-state index is 12.4. The highest BCUT2D eigenvalue weighted by molar-refractivity contribution is 5.93. The average molecular weight is 346 g/mol. The molecule has 134 valence electrons. The summed E-state index contributed by atoms with van der Waals surface area (Å²) in [6, 6.07) is 4.89. The van der Waals surface area contributed by atoms with Crippen LogP contribution in [0, 0.1) is 0 Å². The SMILES string of the molecule is COC(=O)C1=CN2C(=O)CC(C)(C)N2C1c1c(OC)cccc1OC. The van der Waals surface area contributed by atoms with E-state index in [0.29, 0.717) is 29.1 Å². The van der Waals surface area contributed by atoms with Crippen molar-refractivity contribution in [2.75, 3.05) is 21.3 Å². The van der Waals surface area contributed by atoms with Crippen LogP contribution in [0.25, 0.3) is 0 Å². The van der Waals surface area contributed by atoms with E-state index in [1.165, 1.54) is 12.1 Å². The van der Waals surface area contributed by atoms with Crippen molar-refractivity contribution in [2.24, 2.45) is 0 Å². The number of esters is 1. The summed E-state index contributed by atoms with van der Waals surface area (Å²) in [5.41, 5.74) is 0.584. The molecule has 1 unspecified atom stereocenters. The van der Waals surface area contributed by atoms with Crippen LogP contribution in [0.1, 0.15) is 31.9 Å². The third kappa shape index (κ3) is 2.55. The normalized spacial score (nSPS) is 21.8. The third-order valence-corrected chi connectivity index (χ3v) is 4.65. The summed E-state index contributed by atoms with van der Waals surface area (Å²) in [6.45, 7) is 3.93. The van der Waals surface area contributed by atoms with Crippen LogP contribution in [0.15, 0.2) is 30.0 Å². The van der Waals surface area contributed by atoms with E-state index >= 15 is 0 Å². The van der Waals surface area contributed by atoms with Crippen molar-refractivity contribution in [1.29, 1.82) is 0 Å². The van der Waals surface area contributed by atoms with Crippen LogP contribution in [-0.4, -0.2) is 48.8 Å². The molecular weight excluding hydrogens is 324 g/mol. The lowest BCUT2D eigenvalue weighted by atomic mass is 9.92. The Kier molecular flexibility index (Phi) is 4.20. The van der Waals surface area contributed by atoms with Crippen LogP contribution in [0.5, 0.6) is 11.5 Å². The molecule has 7 nitrogen and oxygen atoms in total. The van der Waals surface area contributed by atoms with Gasteiger partial charge in [-0.05, 0) is 26.0 Å². The van der Waals surface area contributed by atoms with Crippen molar-refractivity contribution in [1.82, 2.24) is 10.0 Å². The van der Waals surface area contributed by atoms with E-state index in [1.807, 2.05) is 24.9 Å². The summed E-state index contributed by atoms with van der Waals surface area (Å²) < 4.78 is 16.0. The van der Waals surface area contributed by atoms with E-state index in [-0.39, 0.29) is 5.91 Å². The first kappa shape index (κ1) is 17.3. The molecule has 2 aliphatic rings. The first-order valence-electron chi connectivity index (χ1n) is 7.98. The molecule has 0 N–H and O–H groups in total. The van der Waals surface area contributed by atoms with E-state index < -0.39 is 17.6 Å². The van der Waals surface area contributed by atoms with Crippen LogP contribution in [0.4, 0.5) is 0 Å². The van der Waals surface area contributed by atoms with E-state index in [2.05, 4.69) is 0 Å². The molecular formula is C18H22N2O5. The fraction of sp³-hybridized carbons (Fsp3) is 0.444. The van der Waals surface area contributed by atoms with Gasteiger partial charge in [0.05, 0.1) is 38.5 Å². The van der Waals surface area contributed by atoms with Gasteiger partial charge < -0.3 is 14.2 Å². The van der Waals surface area contributed by atoms with Crippen LogP contribution in [0.3, 0.4) is 0 Å². The van der Waals surface area contributed by atoms with E-state index in [0.717, 1.165) is 0 Å². The Morgan fingerprint density at radius 1 is 1.16 bits per heavy atom. The second-order valence-corrected chi connectivity index (χ2v) is 6.63. The lowest BCUT2D eigenvalue weighted by molar-refractivity contribution is -0.138. The molecule has 1 amide bonds. The summed E-state index contributed by atoms with van der Waals surface area (Å²) in [4.78, 5) is 24.8. The molecule has 1 saturated heterocycles. The quantitative estimate of drug-likeness (QED) is 0.777. The van der Waals surface area contributed by atoms with Crippen molar-refractivity contribution in [2.45, 2.75) is 31.8 Å². The number of benzene rings is 1. The molecule has 0 aliphatic carbocycles. The van der Waals surface area contributed by atoms with E-state index in [9.17, 15) is 9.59 Å². The number of fused-ring (bicyclic) bond motifs is 1. The van der Waals surface area contributed by atoms with Gasteiger partial charge in [-0.15, -0.1) is 0 Å². The summed E-state index contributed by atoms with van der Waals surface area (Å²) in [6.07, 6.45) is 1.91. The van der Waals surface area contributed by atoms with Crippen LogP contribution < -0.4 is 9.47 Å². The molecule has 0 aromatic heterocycles. The zero-order valence-corrected chi connectivity index (χ0v) is 15.0. The third-order valence-electron chi connectivity index (χ3n) is 4.65. The predicted octanol–water partition coefficient (Wildman–Crippen LogP) is 2.04. The maximum Gasteiger partial charge on any atom is 0.337 e. The van der Waals surface area contributed by atoms with Gasteiger partial charge in [-0.25, -0.2) is 9.80 Å². The molecule has 7 heteroatoms. The van der Waals surface area contributed by atoms with Crippen molar-refractivity contribution in [3.05, 3.63) is 35.5 Å². The first-order chi connectivity index (χ1) is 11.9. The number of hydrogen-bond donors (Lipinski definition) is 0. The number of methoxy groups -OCH3 is 3. The van der Waals surface area contributed by atoms with Gasteiger partial charge in [0.1, 0.15) is 11.5 Å². The molecule has 1 atom stereocenters. The number of nitrogens with zero attached hydrogens (tertiary/aromatic N) is 2. The highest BCUT2D eigenvalue weighted by Crippen LogP contribution is 2.50. The summed E-state index contributed by atoms with van der Waals surface area (Å²) in [5, 5.41) is 3.39. The number of hydrazine groups is 1. The fourth-order valence-corrected chi connectivity index (χ4v) is 3.60. The molecule has 25 heavy (non-hydrogen) atoms. The first-order valence-corrected chi connectivity index (χ1v) is 7.98. The number of carbonyl (C=O) groups is 2. The Bertz CT molecular complexity index is 734. The number of amides is 1. The van der Waals surface area contributed by atoms with Crippen molar-refractivity contribution >= 4 is 11.9 Å². The van der Waals surface area contributed by atoms with Crippen LogP contribution >= 0.6 is 0 Å². The topological polar surface area (TPSA) is 68.3 Å². The van der Waals surface area contributed by atoms with Crippen molar-refractivity contribution < 1.29 is 23.8 Å². The second kappa shape index (κ2) is 6.07. The molecule has 0 saturated carbocycles. The summed E-state index contributed by atoms with van der Waals surface area (Å²) >= 11 is 0. The predicted molar refractivity (Wildman–Crippen MR) is 89.8 cm³/mol. The lowest BCUT2D eigenvalue weighted by Gasteiger charge is -2.37. The molecule has 0 spiro atoms. The maximum absolute atomic E-state index is 12.4. The molecule has 1 aromatic carbocycles. The van der Waals surface area contributed by atoms with Crippen LogP contribution in [-0.2, 0) is 14.3 Å². The minimum atomic E-state index is -0.542. The molecule has 0 radical (unpaired) electrons. The Morgan fingerprint density at radius 3 is 2.28 bits per heavy atom. The average Bonchev–Trinajstić information content (AvgIpc) is 3.10. The summed E-state index contributed by atoms with van der Waals surface area (Å²) in [5.74, 6) is 0.603. The fourth-order valence-electron chi connectivity index (χ4n) is 3.60. The zero-order valence-electron chi connectivity index (χ0n) is 15.0. The van der Waals surface area contributed by atoms with Gasteiger partial charge in [-0.3, -0.25) is 4.79 Å². The highest BCUT2D eigenvalue weighted by Gasteiger charge is 2.54. The minimum absolute atomic E-state index is 0.0669. The molecule has 3 rings (SSSR count). The Labute approximate surface area is 146 Å². The second-order valence-electron chi connectivity index (χ2n) is 6.63. The smallest absolute Gasteiger partial charge is 0.337 e. The van der Waals surface area contributed by atoms with Gasteiger partial charge in [-0.1, -0.05) is 6.07 Å². The molecule has 1 fully saturated rings. The van der Waals surface area contributed by atoms with Gasteiger partial charge in [-0.2, -0.15) is 5.01 Å². The monoisotopic (exact) mass is 346 g/mol. The highest BCUT2D eigenvalue weighted by atomic mass is 16.5. The van der Waals surface area contributed by atoms with Crippen molar-refractivity contribution in [3.8, 4) is 11.5 Å². The molecule has 2 heterocycles. The Morgan fingerprint density at radius 2 is 1.76 bits per heavy atom. The number of carbonyl (C=O) groups excluding carboxylic acids is 2. The molecule has 1 aromatic rings. The Hall–Kier alpha value is -2.54. The number of hydrogen-bond acceptors (Lipinski definition) is 6. The van der Waals surface area contributed by atoms with Crippen LogP contribution in [0.2, 0.25) is 0 Å². The Balaban J connectivity index is 2.23. The standard InChI is InChI=1S/C18H22N2O5/c1-18(2)9-14(21)19-10-11(17(22)25-5)16(20(18)19)15-12(23-3)7-6-8-13(15)24-4/h6-8,10,16H,9H2,1-5H3. The van der Waals surface area contributed by atoms with E-state index in [4.69, 9.17) is 14.2 Å². The van der Waals surface area contributed by atoms with Crippen molar-refractivity contribution in [3.63, 3.8) is 0 Å². The van der Waals surface area contributed by atoms with Gasteiger partial charge in [0.15, 0.2) is 0 Å². The summed E-state index contributed by atoms with van der Waals surface area (Å²) in [7, 11) is 4.45.